The molecule has 0 heterocycles. The van der Waals surface area contributed by atoms with Crippen LogP contribution in [0.4, 0.5) is 0 Å². The van der Waals surface area contributed by atoms with Gasteiger partial charge in [0.15, 0.2) is 17.1 Å². The summed E-state index contributed by atoms with van der Waals surface area (Å²) in [5.41, 5.74) is -1.61. The molecule has 1 aromatic carbocycles. The van der Waals surface area contributed by atoms with Crippen molar-refractivity contribution in [1.29, 1.82) is 0 Å². The Morgan fingerprint density at radius 3 is 2.58 bits per heavy atom. The van der Waals surface area contributed by atoms with Crippen LogP contribution in [0.15, 0.2) is 24.3 Å². The minimum Gasteiger partial charge on any atom is -0.504 e. The molecule has 8 nitrogen and oxygen atoms in total. The van der Waals surface area contributed by atoms with Gasteiger partial charge < -0.3 is 30.3 Å². The molecule has 0 aliphatic heterocycles. The molecular formula is C16H18O8. The molecule has 1 aliphatic carbocycles. The van der Waals surface area contributed by atoms with Crippen LogP contribution in [0.25, 0.3) is 6.08 Å². The summed E-state index contributed by atoms with van der Waals surface area (Å²) in [4.78, 5) is 22.9. The second kappa shape index (κ2) is 6.90. The fourth-order valence-corrected chi connectivity index (χ4v) is 2.45. The van der Waals surface area contributed by atoms with Gasteiger partial charge in [-0.1, -0.05) is 6.07 Å². The predicted molar refractivity (Wildman–Crippen MR) is 81.1 cm³/mol. The van der Waals surface area contributed by atoms with E-state index in [4.69, 9.17) is 9.84 Å². The SMILES string of the molecule is O=C(C=Cc1ccc(O)c(O)c1)OC1CC(O)(C(=O)O)CCC1O. The van der Waals surface area contributed by atoms with Gasteiger partial charge in [0.25, 0.3) is 0 Å². The lowest BCUT2D eigenvalue weighted by atomic mass is 9.81. The van der Waals surface area contributed by atoms with Gasteiger partial charge in [-0.15, -0.1) is 0 Å². The van der Waals surface area contributed by atoms with Crippen LogP contribution in [0, 0.1) is 0 Å². The smallest absolute Gasteiger partial charge is 0.335 e. The van der Waals surface area contributed by atoms with Crippen LogP contribution < -0.4 is 0 Å². The number of aliphatic hydroxyl groups excluding tert-OH is 1. The number of aliphatic hydroxyl groups is 2. The van der Waals surface area contributed by atoms with E-state index in [9.17, 15) is 30.0 Å². The van der Waals surface area contributed by atoms with Crippen molar-refractivity contribution in [2.24, 2.45) is 0 Å². The normalized spacial score (nSPS) is 27.1. The maximum atomic E-state index is 11.8. The molecule has 3 unspecified atom stereocenters. The van der Waals surface area contributed by atoms with Crippen LogP contribution >= 0.6 is 0 Å². The number of aliphatic carboxylic acids is 1. The van der Waals surface area contributed by atoms with Gasteiger partial charge in [-0.05, 0) is 36.6 Å². The Hall–Kier alpha value is -2.58. The van der Waals surface area contributed by atoms with Crippen molar-refractivity contribution in [3.05, 3.63) is 29.8 Å². The quantitative estimate of drug-likeness (QED) is 0.301. The molecule has 0 radical (unpaired) electrons. The van der Waals surface area contributed by atoms with E-state index in [0.717, 1.165) is 6.08 Å². The molecule has 8 heteroatoms. The number of ether oxygens (including phenoxy) is 1. The Labute approximate surface area is 137 Å². The van der Waals surface area contributed by atoms with Crippen molar-refractivity contribution in [3.63, 3.8) is 0 Å². The number of carboxylic acid groups (broad SMARTS) is 1. The second-order valence-corrected chi connectivity index (χ2v) is 5.70. The summed E-state index contributed by atoms with van der Waals surface area (Å²) in [5.74, 6) is -2.90. The summed E-state index contributed by atoms with van der Waals surface area (Å²) in [5, 5.41) is 47.3. The fourth-order valence-electron chi connectivity index (χ4n) is 2.45. The molecule has 24 heavy (non-hydrogen) atoms. The molecule has 0 bridgehead atoms. The number of phenolic OH excluding ortho intramolecular Hbond substituents is 2. The van der Waals surface area contributed by atoms with E-state index < -0.39 is 36.2 Å². The summed E-state index contributed by atoms with van der Waals surface area (Å²) >= 11 is 0. The van der Waals surface area contributed by atoms with E-state index in [0.29, 0.717) is 5.56 Å². The van der Waals surface area contributed by atoms with Crippen molar-refractivity contribution in [1.82, 2.24) is 0 Å². The van der Waals surface area contributed by atoms with Crippen molar-refractivity contribution in [2.45, 2.75) is 37.1 Å². The fraction of sp³-hybridized carbons (Fsp3) is 0.375. The van der Waals surface area contributed by atoms with Crippen LogP contribution in [0.5, 0.6) is 11.5 Å². The lowest BCUT2D eigenvalue weighted by Crippen LogP contribution is -2.50. The van der Waals surface area contributed by atoms with E-state index in [1.165, 1.54) is 24.3 Å². The van der Waals surface area contributed by atoms with E-state index in [2.05, 4.69) is 0 Å². The first-order chi connectivity index (χ1) is 11.2. The largest absolute Gasteiger partial charge is 0.504 e. The average Bonchev–Trinajstić information content (AvgIpc) is 2.52. The zero-order valence-corrected chi connectivity index (χ0v) is 12.6. The van der Waals surface area contributed by atoms with Gasteiger partial charge in [0.05, 0.1) is 6.10 Å². The number of hydrogen-bond acceptors (Lipinski definition) is 7. The van der Waals surface area contributed by atoms with Crippen LogP contribution in [-0.4, -0.2) is 55.3 Å². The lowest BCUT2D eigenvalue weighted by Gasteiger charge is -2.35. The second-order valence-electron chi connectivity index (χ2n) is 5.70. The number of carboxylic acids is 1. The summed E-state index contributed by atoms with van der Waals surface area (Å²) in [6.07, 6.45) is -0.364. The number of rotatable bonds is 4. The molecule has 0 spiro atoms. The highest BCUT2D eigenvalue weighted by Crippen LogP contribution is 2.31. The lowest BCUT2D eigenvalue weighted by molar-refractivity contribution is -0.180. The molecule has 3 atom stereocenters. The third-order valence-electron chi connectivity index (χ3n) is 3.90. The topological polar surface area (TPSA) is 145 Å². The first-order valence-electron chi connectivity index (χ1n) is 7.26. The number of hydrogen-bond donors (Lipinski definition) is 5. The summed E-state index contributed by atoms with van der Waals surface area (Å²) in [6.45, 7) is 0. The monoisotopic (exact) mass is 338 g/mol. The first kappa shape index (κ1) is 17.8. The standard InChI is InChI=1S/C16H18O8/c17-10-3-1-9(7-12(10)19)2-4-14(20)24-13-8-16(23,15(21)22)6-5-11(13)18/h1-4,7,11,13,17-19,23H,5-6,8H2,(H,21,22). The third-order valence-corrected chi connectivity index (χ3v) is 3.90. The Kier molecular flexibility index (Phi) is 5.10. The maximum Gasteiger partial charge on any atom is 0.335 e. The van der Waals surface area contributed by atoms with Gasteiger partial charge >= 0.3 is 11.9 Å². The summed E-state index contributed by atoms with van der Waals surface area (Å²) in [7, 11) is 0. The molecular weight excluding hydrogens is 320 g/mol. The van der Waals surface area contributed by atoms with Crippen molar-refractivity contribution < 1.29 is 39.9 Å². The van der Waals surface area contributed by atoms with E-state index in [-0.39, 0.29) is 24.3 Å². The van der Waals surface area contributed by atoms with Gasteiger partial charge in [0.1, 0.15) is 6.10 Å². The number of aromatic hydroxyl groups is 2. The highest BCUT2D eigenvalue weighted by Gasteiger charge is 2.46. The van der Waals surface area contributed by atoms with Crippen LogP contribution in [0.2, 0.25) is 0 Å². The zero-order chi connectivity index (χ0) is 17.9. The average molecular weight is 338 g/mol. The molecule has 0 aromatic heterocycles. The van der Waals surface area contributed by atoms with E-state index in [1.54, 1.807) is 0 Å². The van der Waals surface area contributed by atoms with Gasteiger partial charge in [-0.3, -0.25) is 0 Å². The number of carbonyl (C=O) groups is 2. The van der Waals surface area contributed by atoms with Crippen LogP contribution in [-0.2, 0) is 14.3 Å². The van der Waals surface area contributed by atoms with Gasteiger partial charge in [0.2, 0.25) is 0 Å². The maximum absolute atomic E-state index is 11.8. The molecule has 0 amide bonds. The Balaban J connectivity index is 2.01. The zero-order valence-electron chi connectivity index (χ0n) is 12.6. The van der Waals surface area contributed by atoms with E-state index >= 15 is 0 Å². The summed E-state index contributed by atoms with van der Waals surface area (Å²) < 4.78 is 5.01. The minimum atomic E-state index is -2.03. The molecule has 1 aliphatic rings. The number of carbonyl (C=O) groups excluding carboxylic acids is 1. The molecule has 2 rings (SSSR count). The third kappa shape index (κ3) is 4.03. The van der Waals surface area contributed by atoms with Gasteiger partial charge in [-0.25, -0.2) is 9.59 Å². The Morgan fingerprint density at radius 1 is 1.25 bits per heavy atom. The van der Waals surface area contributed by atoms with Crippen LogP contribution in [0.3, 0.4) is 0 Å². The minimum absolute atomic E-state index is 0.00368. The highest BCUT2D eigenvalue weighted by atomic mass is 16.6. The summed E-state index contributed by atoms with van der Waals surface area (Å²) in [6, 6.07) is 3.94. The molecule has 1 fully saturated rings. The van der Waals surface area contributed by atoms with Gasteiger partial charge in [-0.2, -0.15) is 0 Å². The number of phenols is 2. The molecule has 5 N–H and O–H groups in total. The first-order valence-corrected chi connectivity index (χ1v) is 7.26. The molecule has 0 saturated heterocycles. The molecule has 1 saturated carbocycles. The van der Waals surface area contributed by atoms with Crippen molar-refractivity contribution >= 4 is 18.0 Å². The molecule has 130 valence electrons. The highest BCUT2D eigenvalue weighted by molar-refractivity contribution is 5.87. The molecule has 1 aromatic rings. The van der Waals surface area contributed by atoms with Crippen molar-refractivity contribution in [2.75, 3.05) is 0 Å². The Morgan fingerprint density at radius 2 is 1.96 bits per heavy atom. The predicted octanol–water partition coefficient (Wildman–Crippen LogP) is 0.383. The van der Waals surface area contributed by atoms with Crippen molar-refractivity contribution in [3.8, 4) is 11.5 Å². The number of esters is 1. The van der Waals surface area contributed by atoms with Gasteiger partial charge in [0, 0.05) is 12.5 Å². The number of benzene rings is 1. The van der Waals surface area contributed by atoms with E-state index in [1.807, 2.05) is 0 Å². The van der Waals surface area contributed by atoms with Crippen LogP contribution in [0.1, 0.15) is 24.8 Å². The Bertz CT molecular complexity index is 668.